The van der Waals surface area contributed by atoms with Crippen molar-refractivity contribution in [3.8, 4) is 11.8 Å². The van der Waals surface area contributed by atoms with E-state index in [0.29, 0.717) is 30.7 Å². The summed E-state index contributed by atoms with van der Waals surface area (Å²) in [5.41, 5.74) is 3.32. The summed E-state index contributed by atoms with van der Waals surface area (Å²) in [6.45, 7) is 3.24. The predicted molar refractivity (Wildman–Crippen MR) is 129 cm³/mol. The molecule has 2 aromatic carbocycles. The number of likely N-dealkylation sites (tertiary alicyclic amines) is 1. The molecule has 0 aliphatic carbocycles. The first-order valence-electron chi connectivity index (χ1n) is 11.3. The Morgan fingerprint density at radius 3 is 2.53 bits per heavy atom. The van der Waals surface area contributed by atoms with Gasteiger partial charge in [-0.05, 0) is 55.3 Å². The van der Waals surface area contributed by atoms with E-state index in [1.807, 2.05) is 53.6 Å². The summed E-state index contributed by atoms with van der Waals surface area (Å²) in [6, 6.07) is 16.5. The fourth-order valence-electron chi connectivity index (χ4n) is 4.52. The van der Waals surface area contributed by atoms with Crippen molar-refractivity contribution in [2.75, 3.05) is 18.0 Å². The van der Waals surface area contributed by atoms with Gasteiger partial charge < -0.3 is 14.5 Å². The Hall–Kier alpha value is -3.70. The van der Waals surface area contributed by atoms with Crippen LogP contribution in [0.25, 0.3) is 0 Å². The SMILES string of the molecule is Cc1nc(CCN2C(=O)[C@H](Oc3ccc(N4CCCC4=O)cc3)[C@H]2c2ccc(C#N)cc2)cs1. The molecule has 3 heterocycles. The molecule has 0 bridgehead atoms. The standard InChI is InChI=1S/C26H24N4O3S/c1-17-28-20(16-34-17)12-14-30-24(19-6-4-18(15-27)5-7-19)25(26(30)32)33-22-10-8-21(9-11-22)29-13-2-3-23(29)31/h4-11,16,24-25H,2-3,12-14H2,1H3/t24-,25-/m1/s1. The van der Waals surface area contributed by atoms with Crippen molar-refractivity contribution >= 4 is 28.8 Å². The number of anilines is 1. The predicted octanol–water partition coefficient (Wildman–Crippen LogP) is 4.02. The van der Waals surface area contributed by atoms with Gasteiger partial charge in [-0.25, -0.2) is 4.98 Å². The molecule has 2 aliphatic rings. The van der Waals surface area contributed by atoms with Gasteiger partial charge in [-0.2, -0.15) is 5.26 Å². The van der Waals surface area contributed by atoms with Crippen LogP contribution in [0.1, 0.15) is 40.7 Å². The van der Waals surface area contributed by atoms with Crippen LogP contribution in [-0.4, -0.2) is 40.9 Å². The van der Waals surface area contributed by atoms with Gasteiger partial charge in [-0.15, -0.1) is 11.3 Å². The number of ether oxygens (including phenoxy) is 1. The molecule has 172 valence electrons. The Morgan fingerprint density at radius 1 is 1.15 bits per heavy atom. The minimum absolute atomic E-state index is 0.0693. The molecule has 7 nitrogen and oxygen atoms in total. The lowest BCUT2D eigenvalue weighted by molar-refractivity contribution is -0.164. The van der Waals surface area contributed by atoms with E-state index < -0.39 is 6.10 Å². The molecule has 34 heavy (non-hydrogen) atoms. The minimum atomic E-state index is -0.649. The smallest absolute Gasteiger partial charge is 0.266 e. The first-order chi connectivity index (χ1) is 16.5. The Balaban J connectivity index is 1.33. The van der Waals surface area contributed by atoms with Crippen LogP contribution in [0, 0.1) is 18.3 Å². The lowest BCUT2D eigenvalue weighted by Gasteiger charge is -2.46. The summed E-state index contributed by atoms with van der Waals surface area (Å²) in [6.07, 6.45) is 1.48. The molecule has 0 spiro atoms. The van der Waals surface area contributed by atoms with Gasteiger partial charge in [0, 0.05) is 37.0 Å². The van der Waals surface area contributed by atoms with Crippen LogP contribution in [0.2, 0.25) is 0 Å². The maximum Gasteiger partial charge on any atom is 0.266 e. The number of nitrogens with zero attached hydrogens (tertiary/aromatic N) is 4. The summed E-state index contributed by atoms with van der Waals surface area (Å²) >= 11 is 1.60. The molecule has 0 N–H and O–H groups in total. The number of carbonyl (C=O) groups is 2. The second-order valence-electron chi connectivity index (χ2n) is 8.50. The molecule has 3 aromatic rings. The van der Waals surface area contributed by atoms with Gasteiger partial charge in [0.05, 0.1) is 22.3 Å². The van der Waals surface area contributed by atoms with Gasteiger partial charge in [0.2, 0.25) is 12.0 Å². The Labute approximate surface area is 202 Å². The highest BCUT2D eigenvalue weighted by Gasteiger charge is 2.49. The van der Waals surface area contributed by atoms with E-state index in [9.17, 15) is 9.59 Å². The molecule has 8 heteroatoms. The summed E-state index contributed by atoms with van der Waals surface area (Å²) in [5, 5.41) is 12.2. The van der Waals surface area contributed by atoms with Crippen molar-refractivity contribution in [3.63, 3.8) is 0 Å². The van der Waals surface area contributed by atoms with E-state index in [0.717, 1.165) is 34.9 Å². The maximum atomic E-state index is 13.1. The van der Waals surface area contributed by atoms with Gasteiger partial charge in [-0.1, -0.05) is 12.1 Å². The molecular weight excluding hydrogens is 448 g/mol. The lowest BCUT2D eigenvalue weighted by atomic mass is 9.89. The molecule has 2 aliphatic heterocycles. The zero-order valence-electron chi connectivity index (χ0n) is 18.8. The van der Waals surface area contributed by atoms with Crippen molar-refractivity contribution < 1.29 is 14.3 Å². The quantitative estimate of drug-likeness (QED) is 0.485. The Morgan fingerprint density at radius 2 is 1.91 bits per heavy atom. The van der Waals surface area contributed by atoms with Gasteiger partial charge >= 0.3 is 0 Å². The van der Waals surface area contributed by atoms with Crippen molar-refractivity contribution in [1.82, 2.24) is 9.88 Å². The summed E-state index contributed by atoms with van der Waals surface area (Å²) in [4.78, 5) is 33.2. The first-order valence-corrected chi connectivity index (χ1v) is 12.2. The largest absolute Gasteiger partial charge is 0.478 e. The molecule has 2 amide bonds. The van der Waals surface area contributed by atoms with Crippen LogP contribution in [0.4, 0.5) is 5.69 Å². The Kier molecular flexibility index (Phi) is 6.03. The molecule has 2 fully saturated rings. The second-order valence-corrected chi connectivity index (χ2v) is 9.56. The third-order valence-corrected chi connectivity index (χ3v) is 7.11. The molecule has 0 radical (unpaired) electrons. The fourth-order valence-corrected chi connectivity index (χ4v) is 5.17. The minimum Gasteiger partial charge on any atom is -0.478 e. The van der Waals surface area contributed by atoms with E-state index in [2.05, 4.69) is 11.1 Å². The van der Waals surface area contributed by atoms with Crippen LogP contribution < -0.4 is 9.64 Å². The summed E-state index contributed by atoms with van der Waals surface area (Å²) < 4.78 is 6.14. The lowest BCUT2D eigenvalue weighted by Crippen LogP contribution is -2.61. The van der Waals surface area contributed by atoms with Crippen LogP contribution >= 0.6 is 11.3 Å². The number of thiazole rings is 1. The molecule has 2 atom stereocenters. The number of hydrogen-bond donors (Lipinski definition) is 0. The monoisotopic (exact) mass is 472 g/mol. The summed E-state index contributed by atoms with van der Waals surface area (Å²) in [5.74, 6) is 0.650. The van der Waals surface area contributed by atoms with Crippen molar-refractivity contribution in [2.24, 2.45) is 0 Å². The van der Waals surface area contributed by atoms with E-state index in [4.69, 9.17) is 10.00 Å². The number of β-lactam (4-membered cyclic amide) rings is 1. The van der Waals surface area contributed by atoms with Crippen LogP contribution in [0.15, 0.2) is 53.9 Å². The first kappa shape index (κ1) is 22.1. The van der Waals surface area contributed by atoms with Gasteiger partial charge in [0.15, 0.2) is 0 Å². The Bertz CT molecular complexity index is 1250. The zero-order chi connectivity index (χ0) is 23.7. The highest BCUT2D eigenvalue weighted by atomic mass is 32.1. The van der Waals surface area contributed by atoms with Gasteiger partial charge in [0.25, 0.3) is 5.91 Å². The third-order valence-electron chi connectivity index (χ3n) is 6.29. The van der Waals surface area contributed by atoms with Crippen LogP contribution in [0.5, 0.6) is 5.75 Å². The molecule has 1 aromatic heterocycles. The molecule has 5 rings (SSSR count). The number of aromatic nitrogens is 1. The van der Waals surface area contributed by atoms with Crippen molar-refractivity contribution in [1.29, 1.82) is 5.26 Å². The van der Waals surface area contributed by atoms with E-state index in [1.54, 1.807) is 28.4 Å². The molecule has 0 unspecified atom stereocenters. The van der Waals surface area contributed by atoms with E-state index in [-0.39, 0.29) is 17.9 Å². The van der Waals surface area contributed by atoms with Crippen LogP contribution in [0.3, 0.4) is 0 Å². The highest BCUT2D eigenvalue weighted by Crippen LogP contribution is 2.38. The third kappa shape index (κ3) is 4.27. The van der Waals surface area contributed by atoms with Crippen LogP contribution in [-0.2, 0) is 16.0 Å². The molecule has 2 saturated heterocycles. The number of rotatable bonds is 7. The number of carbonyl (C=O) groups excluding carboxylic acids is 2. The number of aryl methyl sites for hydroxylation is 1. The number of hydrogen-bond acceptors (Lipinski definition) is 6. The van der Waals surface area contributed by atoms with Gasteiger partial charge in [0.1, 0.15) is 11.8 Å². The second kappa shape index (κ2) is 9.27. The number of benzene rings is 2. The summed E-state index contributed by atoms with van der Waals surface area (Å²) in [7, 11) is 0. The van der Waals surface area contributed by atoms with Crippen molar-refractivity contribution in [2.45, 2.75) is 38.3 Å². The maximum absolute atomic E-state index is 13.1. The highest BCUT2D eigenvalue weighted by molar-refractivity contribution is 7.09. The molecule has 0 saturated carbocycles. The zero-order valence-corrected chi connectivity index (χ0v) is 19.6. The average molecular weight is 473 g/mol. The molecular formula is C26H24N4O3S. The van der Waals surface area contributed by atoms with E-state index >= 15 is 0 Å². The topological polar surface area (TPSA) is 86.5 Å². The van der Waals surface area contributed by atoms with E-state index in [1.165, 1.54) is 0 Å². The fraction of sp³-hybridized carbons (Fsp3) is 0.308. The average Bonchev–Trinajstić information content (AvgIpc) is 3.48. The number of nitriles is 1. The van der Waals surface area contributed by atoms with Gasteiger partial charge in [-0.3, -0.25) is 9.59 Å². The van der Waals surface area contributed by atoms with Crippen molar-refractivity contribution in [3.05, 3.63) is 75.7 Å². The normalized spacial score (nSPS) is 19.8. The number of amides is 2.